The first-order valence-electron chi connectivity index (χ1n) is 10.1. The van der Waals surface area contributed by atoms with Gasteiger partial charge >= 0.3 is 0 Å². The van der Waals surface area contributed by atoms with E-state index in [9.17, 15) is 0 Å². The molecule has 132 valence electrons. The van der Waals surface area contributed by atoms with Gasteiger partial charge in [0.25, 0.3) is 0 Å². The minimum absolute atomic E-state index is 0.509. The van der Waals surface area contributed by atoms with E-state index in [1.54, 1.807) is 0 Å². The van der Waals surface area contributed by atoms with E-state index >= 15 is 0 Å². The first kappa shape index (κ1) is 20.0. The van der Waals surface area contributed by atoms with E-state index in [-0.39, 0.29) is 0 Å². The maximum atomic E-state index is 6.05. The molecule has 0 unspecified atom stereocenters. The molecule has 0 aromatic carbocycles. The summed E-state index contributed by atoms with van der Waals surface area (Å²) in [4.78, 5) is 0. The van der Waals surface area contributed by atoms with Crippen LogP contribution in [0.5, 0.6) is 0 Å². The van der Waals surface area contributed by atoms with Gasteiger partial charge in [0.15, 0.2) is 0 Å². The molecule has 0 spiro atoms. The van der Waals surface area contributed by atoms with Crippen LogP contribution in [0.3, 0.4) is 0 Å². The van der Waals surface area contributed by atoms with Crippen molar-refractivity contribution in [2.45, 2.75) is 116 Å². The third kappa shape index (κ3) is 10.6. The number of ether oxygens (including phenoxy) is 2. The minimum Gasteiger partial charge on any atom is -0.378 e. The summed E-state index contributed by atoms with van der Waals surface area (Å²) in [5, 5.41) is 0. The zero-order valence-electron chi connectivity index (χ0n) is 15.3. The lowest BCUT2D eigenvalue weighted by Crippen LogP contribution is -2.27. The van der Waals surface area contributed by atoms with Gasteiger partial charge in [-0.3, -0.25) is 0 Å². The normalized spacial score (nSPS) is 22.1. The Morgan fingerprint density at radius 1 is 0.545 bits per heavy atom. The van der Waals surface area contributed by atoms with Crippen LogP contribution in [0.4, 0.5) is 0 Å². The van der Waals surface area contributed by atoms with Crippen LogP contribution in [0.2, 0.25) is 0 Å². The molecule has 0 saturated heterocycles. The second-order valence-corrected chi connectivity index (χ2v) is 6.97. The Bertz CT molecular complexity index is 222. The quantitative estimate of drug-likeness (QED) is 0.352. The molecule has 0 aliphatic heterocycles. The fourth-order valence-corrected chi connectivity index (χ4v) is 3.25. The SMILES string of the molecule is CCCCCCCCCCOC1CCC(OCCCC)CC1. The van der Waals surface area contributed by atoms with Crippen LogP contribution < -0.4 is 0 Å². The van der Waals surface area contributed by atoms with Gasteiger partial charge in [0, 0.05) is 13.2 Å². The van der Waals surface area contributed by atoms with Crippen molar-refractivity contribution in [3.8, 4) is 0 Å². The van der Waals surface area contributed by atoms with Crippen LogP contribution in [0, 0.1) is 0 Å². The highest BCUT2D eigenvalue weighted by molar-refractivity contribution is 4.73. The molecule has 0 amide bonds. The third-order valence-corrected chi connectivity index (χ3v) is 4.82. The topological polar surface area (TPSA) is 18.5 Å². The molecule has 1 rings (SSSR count). The van der Waals surface area contributed by atoms with E-state index in [0.29, 0.717) is 12.2 Å². The summed E-state index contributed by atoms with van der Waals surface area (Å²) in [6.45, 7) is 6.42. The van der Waals surface area contributed by atoms with Gasteiger partial charge in [-0.25, -0.2) is 0 Å². The van der Waals surface area contributed by atoms with E-state index in [0.717, 1.165) is 13.2 Å². The molecular formula is C20H40O2. The Hall–Kier alpha value is -0.0800. The molecule has 0 bridgehead atoms. The summed E-state index contributed by atoms with van der Waals surface area (Å²) in [5.74, 6) is 0. The maximum absolute atomic E-state index is 6.05. The molecule has 0 N–H and O–H groups in total. The fraction of sp³-hybridized carbons (Fsp3) is 1.00. The van der Waals surface area contributed by atoms with Crippen molar-refractivity contribution >= 4 is 0 Å². The zero-order valence-corrected chi connectivity index (χ0v) is 15.3. The summed E-state index contributed by atoms with van der Waals surface area (Å²) in [6, 6.07) is 0. The van der Waals surface area contributed by atoms with Crippen molar-refractivity contribution < 1.29 is 9.47 Å². The van der Waals surface area contributed by atoms with Gasteiger partial charge in [-0.05, 0) is 38.5 Å². The number of hydrogen-bond acceptors (Lipinski definition) is 2. The summed E-state index contributed by atoms with van der Waals surface area (Å²) in [7, 11) is 0. The predicted molar refractivity (Wildman–Crippen MR) is 95.5 cm³/mol. The lowest BCUT2D eigenvalue weighted by atomic mass is 9.95. The monoisotopic (exact) mass is 312 g/mol. The Morgan fingerprint density at radius 3 is 1.45 bits per heavy atom. The largest absolute Gasteiger partial charge is 0.378 e. The first-order chi connectivity index (χ1) is 10.9. The molecule has 0 atom stereocenters. The lowest BCUT2D eigenvalue weighted by molar-refractivity contribution is -0.0324. The number of unbranched alkanes of at least 4 members (excludes halogenated alkanes) is 8. The van der Waals surface area contributed by atoms with Gasteiger partial charge in [-0.2, -0.15) is 0 Å². The molecular weight excluding hydrogens is 272 g/mol. The molecule has 0 aromatic heterocycles. The highest BCUT2D eigenvalue weighted by atomic mass is 16.5. The molecule has 2 heteroatoms. The van der Waals surface area contributed by atoms with Crippen molar-refractivity contribution in [3.05, 3.63) is 0 Å². The van der Waals surface area contributed by atoms with Gasteiger partial charge in [0.2, 0.25) is 0 Å². The van der Waals surface area contributed by atoms with E-state index in [1.807, 2.05) is 0 Å². The van der Waals surface area contributed by atoms with Crippen molar-refractivity contribution in [1.29, 1.82) is 0 Å². The molecule has 1 aliphatic carbocycles. The van der Waals surface area contributed by atoms with Crippen LogP contribution in [0.15, 0.2) is 0 Å². The first-order valence-corrected chi connectivity index (χ1v) is 10.1. The van der Waals surface area contributed by atoms with Gasteiger partial charge in [-0.1, -0.05) is 65.2 Å². The predicted octanol–water partition coefficient (Wildman–Crippen LogP) is 6.27. The van der Waals surface area contributed by atoms with E-state index in [2.05, 4.69) is 13.8 Å². The molecule has 1 fully saturated rings. The van der Waals surface area contributed by atoms with Gasteiger partial charge in [0.1, 0.15) is 0 Å². The molecule has 1 aliphatic rings. The van der Waals surface area contributed by atoms with Gasteiger partial charge < -0.3 is 9.47 Å². The second-order valence-electron chi connectivity index (χ2n) is 6.97. The van der Waals surface area contributed by atoms with Crippen molar-refractivity contribution in [1.82, 2.24) is 0 Å². The van der Waals surface area contributed by atoms with Crippen LogP contribution in [-0.4, -0.2) is 25.4 Å². The molecule has 22 heavy (non-hydrogen) atoms. The highest BCUT2D eigenvalue weighted by Gasteiger charge is 2.21. The third-order valence-electron chi connectivity index (χ3n) is 4.82. The van der Waals surface area contributed by atoms with E-state index in [4.69, 9.17) is 9.47 Å². The highest BCUT2D eigenvalue weighted by Crippen LogP contribution is 2.24. The van der Waals surface area contributed by atoms with Crippen LogP contribution in [-0.2, 0) is 9.47 Å². The average molecular weight is 313 g/mol. The Labute approximate surface area is 139 Å². The standard InChI is InChI=1S/C20H40O2/c1-3-5-7-8-9-10-11-12-18-22-20-15-13-19(14-16-20)21-17-6-4-2/h19-20H,3-18H2,1-2H3. The van der Waals surface area contributed by atoms with Crippen LogP contribution in [0.1, 0.15) is 104 Å². The van der Waals surface area contributed by atoms with E-state index < -0.39 is 0 Å². The second kappa shape index (κ2) is 14.5. The average Bonchev–Trinajstić information content (AvgIpc) is 2.55. The molecule has 1 saturated carbocycles. The summed E-state index contributed by atoms with van der Waals surface area (Å²) >= 11 is 0. The zero-order chi connectivity index (χ0) is 15.9. The van der Waals surface area contributed by atoms with Gasteiger partial charge in [-0.15, -0.1) is 0 Å². The maximum Gasteiger partial charge on any atom is 0.0577 e. The summed E-state index contributed by atoms with van der Waals surface area (Å²) < 4.78 is 12.0. The molecule has 0 radical (unpaired) electrons. The van der Waals surface area contributed by atoms with E-state index in [1.165, 1.54) is 89.9 Å². The molecule has 0 heterocycles. The van der Waals surface area contributed by atoms with Crippen LogP contribution >= 0.6 is 0 Å². The smallest absolute Gasteiger partial charge is 0.0577 e. The lowest BCUT2D eigenvalue weighted by Gasteiger charge is -2.28. The van der Waals surface area contributed by atoms with Crippen LogP contribution in [0.25, 0.3) is 0 Å². The Balaban J connectivity index is 1.84. The van der Waals surface area contributed by atoms with Crippen molar-refractivity contribution in [3.63, 3.8) is 0 Å². The molecule has 2 nitrogen and oxygen atoms in total. The van der Waals surface area contributed by atoms with Gasteiger partial charge in [0.05, 0.1) is 12.2 Å². The van der Waals surface area contributed by atoms with Crippen molar-refractivity contribution in [2.75, 3.05) is 13.2 Å². The Morgan fingerprint density at radius 2 is 0.955 bits per heavy atom. The summed E-state index contributed by atoms with van der Waals surface area (Å²) in [5.41, 5.74) is 0. The molecule has 0 aromatic rings. The summed E-state index contributed by atoms with van der Waals surface area (Å²) in [6.07, 6.45) is 19.3. The van der Waals surface area contributed by atoms with Crippen molar-refractivity contribution in [2.24, 2.45) is 0 Å². The number of rotatable bonds is 14. The Kier molecular flexibility index (Phi) is 13.2. The fourth-order valence-electron chi connectivity index (χ4n) is 3.25. The number of hydrogen-bond donors (Lipinski definition) is 0. The minimum atomic E-state index is 0.509.